The fraction of sp³-hybridized carbons (Fsp3) is 1.00. The maximum absolute atomic E-state index is 10.5. The largest absolute Gasteiger partial charge is 0.394 e. The molecule has 1 aliphatic rings. The van der Waals surface area contributed by atoms with Gasteiger partial charge in [0.25, 0.3) is 0 Å². The van der Waals surface area contributed by atoms with Crippen LogP contribution in [0.15, 0.2) is 0 Å². The second kappa shape index (κ2) is 8.26. The molecular weight excluding hydrogens is 264 g/mol. The van der Waals surface area contributed by atoms with Gasteiger partial charge in [0, 0.05) is 0 Å². The van der Waals surface area contributed by atoms with Crippen LogP contribution in [-0.2, 0) is 4.74 Å². The summed E-state index contributed by atoms with van der Waals surface area (Å²) in [5, 5.41) is 48.7. The molecule has 6 nitrogen and oxygen atoms in total. The predicted octanol–water partition coefficient (Wildman–Crippen LogP) is -0.101. The summed E-state index contributed by atoms with van der Waals surface area (Å²) in [5.74, 6) is 0. The SMILES string of the molecule is CCCCCCCC[C@]1(O)[C@H](O)[C@@H](O)[C@@H](O)O[C@@H]1CO. The van der Waals surface area contributed by atoms with E-state index in [4.69, 9.17) is 4.74 Å². The zero-order valence-electron chi connectivity index (χ0n) is 12.1. The maximum Gasteiger partial charge on any atom is 0.184 e. The summed E-state index contributed by atoms with van der Waals surface area (Å²) in [5.41, 5.74) is -1.72. The molecule has 1 rings (SSSR count). The first-order valence-corrected chi connectivity index (χ1v) is 7.50. The molecule has 0 aromatic carbocycles. The van der Waals surface area contributed by atoms with Crippen LogP contribution in [-0.4, -0.2) is 62.3 Å². The van der Waals surface area contributed by atoms with Crippen LogP contribution in [0.1, 0.15) is 51.9 Å². The van der Waals surface area contributed by atoms with Crippen molar-refractivity contribution in [1.82, 2.24) is 0 Å². The van der Waals surface area contributed by atoms with Gasteiger partial charge in [-0.25, -0.2) is 0 Å². The van der Waals surface area contributed by atoms with Crippen LogP contribution < -0.4 is 0 Å². The highest BCUT2D eigenvalue weighted by Gasteiger charge is 2.53. The molecule has 6 heteroatoms. The van der Waals surface area contributed by atoms with Crippen LogP contribution >= 0.6 is 0 Å². The second-order valence-electron chi connectivity index (χ2n) is 5.64. The number of aliphatic hydroxyl groups is 5. The molecule has 1 heterocycles. The Balaban J connectivity index is 2.49. The van der Waals surface area contributed by atoms with Crippen molar-refractivity contribution in [3.8, 4) is 0 Å². The van der Waals surface area contributed by atoms with Crippen LogP contribution in [0.2, 0.25) is 0 Å². The van der Waals surface area contributed by atoms with Gasteiger partial charge in [-0.2, -0.15) is 0 Å². The Morgan fingerprint density at radius 1 is 1.00 bits per heavy atom. The molecule has 0 amide bonds. The van der Waals surface area contributed by atoms with Crippen molar-refractivity contribution < 1.29 is 30.3 Å². The Hall–Kier alpha value is -0.240. The lowest BCUT2D eigenvalue weighted by Crippen LogP contribution is -2.66. The standard InChI is InChI=1S/C14H28O6/c1-2-3-4-5-6-7-8-14(19)10(9-15)20-13(18)11(16)12(14)17/h10-13,15-19H,2-9H2,1H3/t10-,11-,12-,13+,14-/m1/s1. The Labute approximate surface area is 120 Å². The molecule has 1 aliphatic heterocycles. The minimum absolute atomic E-state index is 0.218. The average Bonchev–Trinajstić information content (AvgIpc) is 2.44. The molecule has 0 saturated carbocycles. The zero-order chi connectivity index (χ0) is 15.2. The van der Waals surface area contributed by atoms with E-state index < -0.39 is 36.8 Å². The predicted molar refractivity (Wildman–Crippen MR) is 72.9 cm³/mol. The summed E-state index contributed by atoms with van der Waals surface area (Å²) >= 11 is 0. The summed E-state index contributed by atoms with van der Waals surface area (Å²) in [6.45, 7) is 1.62. The normalized spacial score (nSPS) is 38.1. The Bertz CT molecular complexity index is 270. The van der Waals surface area contributed by atoms with Gasteiger partial charge in [0.15, 0.2) is 6.29 Å². The van der Waals surface area contributed by atoms with Crippen molar-refractivity contribution >= 4 is 0 Å². The van der Waals surface area contributed by atoms with E-state index in [-0.39, 0.29) is 6.42 Å². The summed E-state index contributed by atoms with van der Waals surface area (Å²) in [4.78, 5) is 0. The highest BCUT2D eigenvalue weighted by atomic mass is 16.6. The average molecular weight is 292 g/mol. The molecule has 5 N–H and O–H groups in total. The summed E-state index contributed by atoms with van der Waals surface area (Å²) in [7, 11) is 0. The van der Waals surface area contributed by atoms with Gasteiger partial charge < -0.3 is 30.3 Å². The summed E-state index contributed by atoms with van der Waals surface area (Å²) < 4.78 is 4.97. The van der Waals surface area contributed by atoms with Crippen LogP contribution in [0.4, 0.5) is 0 Å². The van der Waals surface area contributed by atoms with Gasteiger partial charge in [0.1, 0.15) is 23.9 Å². The molecule has 0 spiro atoms. The molecule has 120 valence electrons. The van der Waals surface area contributed by atoms with Gasteiger partial charge in [-0.05, 0) is 6.42 Å². The van der Waals surface area contributed by atoms with Crippen LogP contribution in [0, 0.1) is 0 Å². The lowest BCUT2D eigenvalue weighted by Gasteiger charge is -2.46. The molecule has 0 bridgehead atoms. The lowest BCUT2D eigenvalue weighted by molar-refractivity contribution is -0.322. The van der Waals surface area contributed by atoms with Gasteiger partial charge in [-0.3, -0.25) is 0 Å². The Kier molecular flexibility index (Phi) is 7.36. The summed E-state index contributed by atoms with van der Waals surface area (Å²) in [6.07, 6.45) is 0.545. The first-order chi connectivity index (χ1) is 9.47. The van der Waals surface area contributed by atoms with E-state index in [2.05, 4.69) is 6.92 Å². The van der Waals surface area contributed by atoms with Crippen molar-refractivity contribution in [2.75, 3.05) is 6.61 Å². The van der Waals surface area contributed by atoms with E-state index >= 15 is 0 Å². The second-order valence-corrected chi connectivity index (χ2v) is 5.64. The fourth-order valence-corrected chi connectivity index (χ4v) is 2.71. The molecule has 0 radical (unpaired) electrons. The molecule has 20 heavy (non-hydrogen) atoms. The Morgan fingerprint density at radius 3 is 2.20 bits per heavy atom. The van der Waals surface area contributed by atoms with Gasteiger partial charge in [-0.15, -0.1) is 0 Å². The van der Waals surface area contributed by atoms with Crippen molar-refractivity contribution in [2.45, 2.75) is 82.1 Å². The van der Waals surface area contributed by atoms with Crippen molar-refractivity contribution in [1.29, 1.82) is 0 Å². The number of unbranched alkanes of at least 4 members (excludes halogenated alkanes) is 5. The van der Waals surface area contributed by atoms with Crippen molar-refractivity contribution in [3.05, 3.63) is 0 Å². The quantitative estimate of drug-likeness (QED) is 0.400. The molecule has 0 aromatic rings. The third kappa shape index (κ3) is 4.13. The summed E-state index contributed by atoms with van der Waals surface area (Å²) in [6, 6.07) is 0. The van der Waals surface area contributed by atoms with E-state index in [1.54, 1.807) is 0 Å². The third-order valence-electron chi connectivity index (χ3n) is 4.09. The van der Waals surface area contributed by atoms with Crippen LogP contribution in [0.5, 0.6) is 0 Å². The molecular formula is C14H28O6. The minimum atomic E-state index is -1.72. The minimum Gasteiger partial charge on any atom is -0.394 e. The monoisotopic (exact) mass is 292 g/mol. The first-order valence-electron chi connectivity index (χ1n) is 7.50. The van der Waals surface area contributed by atoms with Crippen LogP contribution in [0.3, 0.4) is 0 Å². The first kappa shape index (κ1) is 17.8. The zero-order valence-corrected chi connectivity index (χ0v) is 12.1. The lowest BCUT2D eigenvalue weighted by atomic mass is 9.80. The van der Waals surface area contributed by atoms with E-state index in [0.717, 1.165) is 25.7 Å². The number of rotatable bonds is 8. The highest BCUT2D eigenvalue weighted by Crippen LogP contribution is 2.33. The van der Waals surface area contributed by atoms with E-state index in [1.165, 1.54) is 6.42 Å². The van der Waals surface area contributed by atoms with Crippen LogP contribution in [0.25, 0.3) is 0 Å². The van der Waals surface area contributed by atoms with E-state index in [0.29, 0.717) is 6.42 Å². The highest BCUT2D eigenvalue weighted by molar-refractivity contribution is 5.01. The number of hydrogen-bond donors (Lipinski definition) is 5. The molecule has 0 aromatic heterocycles. The fourth-order valence-electron chi connectivity index (χ4n) is 2.71. The topological polar surface area (TPSA) is 110 Å². The van der Waals surface area contributed by atoms with Gasteiger partial charge in [0.05, 0.1) is 6.61 Å². The van der Waals surface area contributed by atoms with Gasteiger partial charge >= 0.3 is 0 Å². The van der Waals surface area contributed by atoms with Gasteiger partial charge in [-0.1, -0.05) is 45.4 Å². The number of hydrogen-bond acceptors (Lipinski definition) is 6. The third-order valence-corrected chi connectivity index (χ3v) is 4.09. The molecule has 1 fully saturated rings. The Morgan fingerprint density at radius 2 is 1.60 bits per heavy atom. The van der Waals surface area contributed by atoms with E-state index in [9.17, 15) is 25.5 Å². The van der Waals surface area contributed by atoms with Crippen molar-refractivity contribution in [2.24, 2.45) is 0 Å². The van der Waals surface area contributed by atoms with E-state index in [1.807, 2.05) is 0 Å². The number of ether oxygens (including phenoxy) is 1. The van der Waals surface area contributed by atoms with Gasteiger partial charge in [0.2, 0.25) is 0 Å². The molecule has 0 aliphatic carbocycles. The molecule has 0 unspecified atom stereocenters. The smallest absolute Gasteiger partial charge is 0.184 e. The van der Waals surface area contributed by atoms with Crippen molar-refractivity contribution in [3.63, 3.8) is 0 Å². The number of aliphatic hydroxyl groups excluding tert-OH is 4. The molecule has 1 saturated heterocycles. The molecule has 5 atom stereocenters. The maximum atomic E-state index is 10.5.